The molecule has 2 aliphatic rings. The van der Waals surface area contributed by atoms with Gasteiger partial charge in [0.2, 0.25) is 0 Å². The summed E-state index contributed by atoms with van der Waals surface area (Å²) in [5, 5.41) is 0.583. The Balaban J connectivity index is 1.27. The van der Waals surface area contributed by atoms with Gasteiger partial charge in [-0.05, 0) is 62.1 Å². The number of carbonyl (C=O) groups is 3. The predicted octanol–water partition coefficient (Wildman–Crippen LogP) is 3.71. The van der Waals surface area contributed by atoms with Gasteiger partial charge in [-0.1, -0.05) is 29.8 Å². The summed E-state index contributed by atoms with van der Waals surface area (Å²) in [4.78, 5) is 41.3. The number of piperidine rings is 1. The van der Waals surface area contributed by atoms with Crippen molar-refractivity contribution in [2.45, 2.75) is 32.2 Å². The number of ether oxygens (including phenoxy) is 1. The number of esters is 1. The van der Waals surface area contributed by atoms with Crippen molar-refractivity contribution in [2.24, 2.45) is 5.92 Å². The van der Waals surface area contributed by atoms with Crippen LogP contribution in [0.2, 0.25) is 5.02 Å². The first-order chi connectivity index (χ1) is 14.9. The molecule has 4 rings (SSSR count). The van der Waals surface area contributed by atoms with E-state index >= 15 is 0 Å². The summed E-state index contributed by atoms with van der Waals surface area (Å²) >= 11 is 5.88. The Morgan fingerprint density at radius 3 is 2.42 bits per heavy atom. The fourth-order valence-corrected chi connectivity index (χ4v) is 4.49. The second-order valence-electron chi connectivity index (χ2n) is 8.13. The minimum atomic E-state index is -0.368. The number of hydrogen-bond donors (Lipinski definition) is 0. The minimum absolute atomic E-state index is 0.0470. The lowest BCUT2D eigenvalue weighted by molar-refractivity contribution is -0.153. The molecule has 0 saturated carbocycles. The number of halogens is 1. The zero-order chi connectivity index (χ0) is 22.0. The summed E-state index contributed by atoms with van der Waals surface area (Å²) in [6, 6.07) is 14.6. The average Bonchev–Trinajstić information content (AvgIpc) is 3.13. The number of likely N-dealkylation sites (tertiary alicyclic amines) is 1. The van der Waals surface area contributed by atoms with Gasteiger partial charge in [-0.15, -0.1) is 0 Å². The van der Waals surface area contributed by atoms with E-state index in [0.29, 0.717) is 36.5 Å². The third kappa shape index (κ3) is 4.59. The summed E-state index contributed by atoms with van der Waals surface area (Å²) in [7, 11) is 0. The van der Waals surface area contributed by atoms with Gasteiger partial charge >= 0.3 is 5.97 Å². The maximum Gasteiger partial charge on any atom is 0.309 e. The molecule has 2 aromatic rings. The molecule has 0 spiro atoms. The molecule has 31 heavy (non-hydrogen) atoms. The molecule has 2 amide bonds. The number of hydrogen-bond acceptors (Lipinski definition) is 4. The van der Waals surface area contributed by atoms with E-state index in [1.165, 1.54) is 0 Å². The topological polar surface area (TPSA) is 66.9 Å². The van der Waals surface area contributed by atoms with Crippen LogP contribution in [0.5, 0.6) is 0 Å². The molecule has 162 valence electrons. The van der Waals surface area contributed by atoms with Crippen molar-refractivity contribution in [3.05, 3.63) is 64.7 Å². The number of carbonyl (C=O) groups excluding carboxylic acids is 3. The van der Waals surface area contributed by atoms with E-state index in [-0.39, 0.29) is 36.4 Å². The average molecular weight is 441 g/mol. The lowest BCUT2D eigenvalue weighted by Gasteiger charge is -2.31. The Morgan fingerprint density at radius 2 is 1.71 bits per heavy atom. The van der Waals surface area contributed by atoms with Crippen LogP contribution in [0.1, 0.15) is 35.7 Å². The van der Waals surface area contributed by atoms with Gasteiger partial charge in [0, 0.05) is 35.4 Å². The third-order valence-corrected chi connectivity index (χ3v) is 6.27. The summed E-state index contributed by atoms with van der Waals surface area (Å²) in [6.45, 7) is 2.69. The van der Waals surface area contributed by atoms with Gasteiger partial charge in [-0.3, -0.25) is 14.4 Å². The van der Waals surface area contributed by atoms with Gasteiger partial charge in [-0.25, -0.2) is 0 Å². The van der Waals surface area contributed by atoms with E-state index in [9.17, 15) is 14.4 Å². The SMILES string of the molecule is CC1Cc2ccccc2N1C(=O)COC(=O)C1CCN(C(=O)c2ccc(Cl)cc2)CC1. The highest BCUT2D eigenvalue weighted by Crippen LogP contribution is 2.32. The molecule has 0 N–H and O–H groups in total. The van der Waals surface area contributed by atoms with Crippen LogP contribution in [-0.4, -0.2) is 48.4 Å². The fraction of sp³-hybridized carbons (Fsp3) is 0.375. The molecule has 0 bridgehead atoms. The van der Waals surface area contributed by atoms with Crippen LogP contribution in [0.4, 0.5) is 5.69 Å². The smallest absolute Gasteiger partial charge is 0.309 e. The molecule has 2 aromatic carbocycles. The zero-order valence-electron chi connectivity index (χ0n) is 17.4. The monoisotopic (exact) mass is 440 g/mol. The first kappa shape index (κ1) is 21.4. The van der Waals surface area contributed by atoms with Crippen LogP contribution in [0.25, 0.3) is 0 Å². The predicted molar refractivity (Wildman–Crippen MR) is 118 cm³/mol. The molecule has 0 aromatic heterocycles. The lowest BCUT2D eigenvalue weighted by Crippen LogP contribution is -2.42. The standard InChI is InChI=1S/C24H25ClN2O4/c1-16-14-19-4-2-3-5-21(19)27(16)22(28)15-31-24(30)18-10-12-26(13-11-18)23(29)17-6-8-20(25)9-7-17/h2-9,16,18H,10-15H2,1H3. The Morgan fingerprint density at radius 1 is 1.03 bits per heavy atom. The lowest BCUT2D eigenvalue weighted by atomic mass is 9.96. The van der Waals surface area contributed by atoms with E-state index in [0.717, 1.165) is 17.7 Å². The molecule has 2 heterocycles. The summed E-state index contributed by atoms with van der Waals surface area (Å²) in [5.74, 6) is -0.945. The molecular formula is C24H25ClN2O4. The molecule has 7 heteroatoms. The fourth-order valence-electron chi connectivity index (χ4n) is 4.36. The molecule has 1 saturated heterocycles. The van der Waals surface area contributed by atoms with Gasteiger partial charge in [-0.2, -0.15) is 0 Å². The Bertz CT molecular complexity index is 983. The van der Waals surface area contributed by atoms with Crippen LogP contribution in [-0.2, 0) is 20.7 Å². The molecule has 0 radical (unpaired) electrons. The van der Waals surface area contributed by atoms with Crippen LogP contribution >= 0.6 is 11.6 Å². The summed E-state index contributed by atoms with van der Waals surface area (Å²) in [6.07, 6.45) is 1.85. The maximum atomic E-state index is 12.7. The van der Waals surface area contributed by atoms with E-state index in [1.54, 1.807) is 34.1 Å². The van der Waals surface area contributed by atoms with Crippen molar-refractivity contribution in [2.75, 3.05) is 24.6 Å². The molecule has 2 aliphatic heterocycles. The molecule has 1 unspecified atom stereocenters. The molecular weight excluding hydrogens is 416 g/mol. The zero-order valence-corrected chi connectivity index (χ0v) is 18.2. The number of fused-ring (bicyclic) bond motifs is 1. The number of rotatable bonds is 4. The van der Waals surface area contributed by atoms with E-state index in [2.05, 4.69) is 0 Å². The van der Waals surface area contributed by atoms with Gasteiger partial charge in [0.05, 0.1) is 5.92 Å². The molecule has 6 nitrogen and oxygen atoms in total. The van der Waals surface area contributed by atoms with Crippen LogP contribution < -0.4 is 4.90 Å². The molecule has 1 atom stereocenters. The van der Waals surface area contributed by atoms with Crippen molar-refractivity contribution in [3.8, 4) is 0 Å². The number of amides is 2. The number of nitrogens with zero attached hydrogens (tertiary/aromatic N) is 2. The van der Waals surface area contributed by atoms with E-state index in [1.807, 2.05) is 31.2 Å². The van der Waals surface area contributed by atoms with Gasteiger partial charge in [0.25, 0.3) is 11.8 Å². The molecule has 1 fully saturated rings. The summed E-state index contributed by atoms with van der Waals surface area (Å²) in [5.41, 5.74) is 2.61. The van der Waals surface area contributed by atoms with Crippen molar-refractivity contribution in [3.63, 3.8) is 0 Å². The van der Waals surface area contributed by atoms with Crippen molar-refractivity contribution >= 4 is 35.1 Å². The number of para-hydroxylation sites is 1. The van der Waals surface area contributed by atoms with Crippen molar-refractivity contribution in [1.29, 1.82) is 0 Å². The van der Waals surface area contributed by atoms with Crippen LogP contribution in [0.15, 0.2) is 48.5 Å². The van der Waals surface area contributed by atoms with Crippen molar-refractivity contribution < 1.29 is 19.1 Å². The Labute approximate surface area is 186 Å². The van der Waals surface area contributed by atoms with Crippen molar-refractivity contribution in [1.82, 2.24) is 4.90 Å². The Hall–Kier alpha value is -2.86. The minimum Gasteiger partial charge on any atom is -0.455 e. The summed E-state index contributed by atoms with van der Waals surface area (Å²) < 4.78 is 5.36. The Kier molecular flexibility index (Phi) is 6.28. The third-order valence-electron chi connectivity index (χ3n) is 6.02. The highest BCUT2D eigenvalue weighted by Gasteiger charge is 2.33. The first-order valence-corrected chi connectivity index (χ1v) is 10.9. The van der Waals surface area contributed by atoms with Gasteiger partial charge in [0.1, 0.15) is 0 Å². The number of anilines is 1. The number of benzene rings is 2. The first-order valence-electron chi connectivity index (χ1n) is 10.6. The normalized spacial score (nSPS) is 18.6. The highest BCUT2D eigenvalue weighted by molar-refractivity contribution is 6.30. The largest absolute Gasteiger partial charge is 0.455 e. The molecule has 0 aliphatic carbocycles. The van der Waals surface area contributed by atoms with Gasteiger partial charge in [0.15, 0.2) is 6.61 Å². The van der Waals surface area contributed by atoms with Crippen LogP contribution in [0.3, 0.4) is 0 Å². The van der Waals surface area contributed by atoms with E-state index < -0.39 is 0 Å². The highest BCUT2D eigenvalue weighted by atomic mass is 35.5. The van der Waals surface area contributed by atoms with E-state index in [4.69, 9.17) is 16.3 Å². The second-order valence-corrected chi connectivity index (χ2v) is 8.56. The van der Waals surface area contributed by atoms with Crippen LogP contribution in [0, 0.1) is 5.92 Å². The maximum absolute atomic E-state index is 12.7. The van der Waals surface area contributed by atoms with Gasteiger partial charge < -0.3 is 14.5 Å². The second kappa shape index (κ2) is 9.10. The quantitative estimate of drug-likeness (QED) is 0.680.